The summed E-state index contributed by atoms with van der Waals surface area (Å²) in [5.74, 6) is 0. The summed E-state index contributed by atoms with van der Waals surface area (Å²) in [7, 11) is 0. The Hall–Kier alpha value is -1.48. The molecule has 0 heterocycles. The molecule has 0 saturated heterocycles. The number of benzene rings is 1. The minimum Gasteiger partial charge on any atom is -0.306 e. The number of nitrogens with zero attached hydrogens (tertiary/aromatic N) is 1. The summed E-state index contributed by atoms with van der Waals surface area (Å²) in [5.41, 5.74) is 6.56. The molecule has 0 bridgehead atoms. The van der Waals surface area contributed by atoms with Crippen LogP contribution in [-0.4, -0.2) is 6.72 Å². The van der Waals surface area contributed by atoms with Gasteiger partial charge in [0.25, 0.3) is 0 Å². The van der Waals surface area contributed by atoms with Crippen LogP contribution in [-0.2, 0) is 0 Å². The second-order valence-corrected chi connectivity index (χ2v) is 2.76. The van der Waals surface area contributed by atoms with E-state index in [1.54, 1.807) is 12.1 Å². The first-order valence-corrected chi connectivity index (χ1v) is 3.64. The number of nitrogens with two attached hydrogens (primary N) is 1. The van der Waals surface area contributed by atoms with Crippen LogP contribution in [0.1, 0.15) is 11.7 Å². The highest BCUT2D eigenvalue weighted by atomic mass is 16.1. The summed E-state index contributed by atoms with van der Waals surface area (Å²) in [6.07, 6.45) is -0.413. The summed E-state index contributed by atoms with van der Waals surface area (Å²) in [5, 5.41) is 1.57. The van der Waals surface area contributed by atoms with Gasteiger partial charge in [-0.25, -0.2) is 0 Å². The molecule has 2 rings (SSSR count). The molecule has 1 unspecified atom stereocenters. The Bertz CT molecular complexity index is 451. The van der Waals surface area contributed by atoms with Crippen LogP contribution in [0.4, 0.5) is 0 Å². The highest BCUT2D eigenvalue weighted by Gasteiger charge is 2.13. The zero-order valence-corrected chi connectivity index (χ0v) is 6.45. The third-order valence-corrected chi connectivity index (χ3v) is 2.01. The smallest absolute Gasteiger partial charge is 0.194 e. The fraction of sp³-hybridized carbons (Fsp3) is 0.111. The molecule has 0 aliphatic carbocycles. The van der Waals surface area contributed by atoms with E-state index in [2.05, 4.69) is 11.7 Å². The van der Waals surface area contributed by atoms with E-state index >= 15 is 0 Å². The maximum Gasteiger partial charge on any atom is 0.194 e. The molecular weight excluding hydrogens is 152 g/mol. The molecule has 0 radical (unpaired) electrons. The molecule has 0 aromatic heterocycles. The topological polar surface area (TPSA) is 55.4 Å². The zero-order valence-electron chi connectivity index (χ0n) is 6.45. The summed E-state index contributed by atoms with van der Waals surface area (Å²) in [6, 6.07) is 5.36. The van der Waals surface area contributed by atoms with Gasteiger partial charge in [0.2, 0.25) is 0 Å². The average molecular weight is 160 g/mol. The second kappa shape index (κ2) is 2.25. The maximum absolute atomic E-state index is 10.9. The third-order valence-electron chi connectivity index (χ3n) is 2.01. The molecule has 1 atom stereocenters. The number of aliphatic imine (C=N–C) groups is 1. The predicted molar refractivity (Wildman–Crippen MR) is 49.1 cm³/mol. The van der Waals surface area contributed by atoms with Gasteiger partial charge in [-0.05, 0) is 24.4 Å². The number of hydrogen-bond acceptors (Lipinski definition) is 3. The monoisotopic (exact) mass is 160 g/mol. The van der Waals surface area contributed by atoms with Crippen LogP contribution < -0.4 is 11.2 Å². The molecule has 2 N–H and O–H groups in total. The van der Waals surface area contributed by atoms with Gasteiger partial charge in [0, 0.05) is 10.8 Å². The Kier molecular flexibility index (Phi) is 1.35. The molecular formula is C9H8N2O. The van der Waals surface area contributed by atoms with Crippen molar-refractivity contribution >= 4 is 17.5 Å². The highest BCUT2D eigenvalue weighted by Crippen LogP contribution is 2.20. The van der Waals surface area contributed by atoms with Crippen molar-refractivity contribution < 1.29 is 0 Å². The van der Waals surface area contributed by atoms with E-state index in [1.807, 2.05) is 6.07 Å². The Morgan fingerprint density at radius 2 is 2.17 bits per heavy atom. The first-order valence-electron chi connectivity index (χ1n) is 3.64. The number of fused-ring (bicyclic) bond motifs is 1. The van der Waals surface area contributed by atoms with Crippen LogP contribution in [0.3, 0.4) is 0 Å². The SMILES string of the molecule is C=NC(N)c1ccc2c(=O)c2c1. The summed E-state index contributed by atoms with van der Waals surface area (Å²) < 4.78 is 0. The minimum atomic E-state index is -0.413. The van der Waals surface area contributed by atoms with Gasteiger partial charge in [-0.15, -0.1) is 0 Å². The number of rotatable bonds is 2. The molecule has 0 fully saturated rings. The third kappa shape index (κ3) is 0.871. The lowest BCUT2D eigenvalue weighted by Crippen LogP contribution is -2.05. The lowest BCUT2D eigenvalue weighted by molar-refractivity contribution is 0.785. The van der Waals surface area contributed by atoms with Gasteiger partial charge in [-0.3, -0.25) is 9.79 Å². The van der Waals surface area contributed by atoms with Crippen LogP contribution >= 0.6 is 0 Å². The van der Waals surface area contributed by atoms with Crippen LogP contribution in [0, 0.1) is 0 Å². The van der Waals surface area contributed by atoms with Crippen LogP contribution in [0.25, 0.3) is 10.8 Å². The fourth-order valence-electron chi connectivity index (χ4n) is 1.19. The van der Waals surface area contributed by atoms with Gasteiger partial charge in [0.05, 0.1) is 0 Å². The molecule has 3 heteroatoms. The van der Waals surface area contributed by atoms with Crippen molar-refractivity contribution in [2.24, 2.45) is 10.7 Å². The molecule has 0 saturated carbocycles. The molecule has 3 nitrogen and oxygen atoms in total. The molecule has 0 amide bonds. The molecule has 0 aliphatic heterocycles. The van der Waals surface area contributed by atoms with Gasteiger partial charge in [0.15, 0.2) is 5.43 Å². The standard InChI is InChI=1S/C9H8N2O/c1-11-9(10)5-2-3-6-7(4-5)8(6)12/h2-4,9H,1,10H2. The van der Waals surface area contributed by atoms with Crippen molar-refractivity contribution in [3.05, 3.63) is 34.0 Å². The van der Waals surface area contributed by atoms with Crippen molar-refractivity contribution in [1.82, 2.24) is 0 Å². The van der Waals surface area contributed by atoms with E-state index in [0.29, 0.717) is 0 Å². The van der Waals surface area contributed by atoms with E-state index in [4.69, 9.17) is 5.73 Å². The molecule has 12 heavy (non-hydrogen) atoms. The normalized spacial score (nSPS) is 13.8. The van der Waals surface area contributed by atoms with Crippen LogP contribution in [0.2, 0.25) is 0 Å². The molecule has 0 spiro atoms. The Balaban J connectivity index is 2.49. The summed E-state index contributed by atoms with van der Waals surface area (Å²) in [6.45, 7) is 3.34. The van der Waals surface area contributed by atoms with Crippen molar-refractivity contribution in [3.63, 3.8) is 0 Å². The van der Waals surface area contributed by atoms with E-state index in [9.17, 15) is 4.79 Å². The van der Waals surface area contributed by atoms with Crippen LogP contribution in [0.15, 0.2) is 28.0 Å². The van der Waals surface area contributed by atoms with E-state index in [1.165, 1.54) is 0 Å². The lowest BCUT2D eigenvalue weighted by Gasteiger charge is -2.02. The van der Waals surface area contributed by atoms with Gasteiger partial charge in [-0.2, -0.15) is 0 Å². The molecule has 2 aromatic rings. The van der Waals surface area contributed by atoms with Crippen molar-refractivity contribution in [2.45, 2.75) is 6.17 Å². The fourth-order valence-corrected chi connectivity index (χ4v) is 1.19. The second-order valence-electron chi connectivity index (χ2n) is 2.76. The zero-order chi connectivity index (χ0) is 8.72. The molecule has 60 valence electrons. The van der Waals surface area contributed by atoms with Gasteiger partial charge < -0.3 is 5.73 Å². The first-order chi connectivity index (χ1) is 5.74. The lowest BCUT2D eigenvalue weighted by atomic mass is 10.2. The van der Waals surface area contributed by atoms with Crippen LogP contribution in [0.5, 0.6) is 0 Å². The highest BCUT2D eigenvalue weighted by molar-refractivity contribution is 5.97. The van der Waals surface area contributed by atoms with E-state index < -0.39 is 6.17 Å². The Labute approximate surface area is 69.2 Å². The van der Waals surface area contributed by atoms with Gasteiger partial charge >= 0.3 is 0 Å². The molecule has 0 aliphatic rings. The van der Waals surface area contributed by atoms with Gasteiger partial charge in [-0.1, -0.05) is 6.07 Å². The Morgan fingerprint density at radius 1 is 1.42 bits per heavy atom. The Morgan fingerprint density at radius 3 is 2.75 bits per heavy atom. The van der Waals surface area contributed by atoms with Crippen molar-refractivity contribution in [3.8, 4) is 0 Å². The minimum absolute atomic E-state index is 0.123. The largest absolute Gasteiger partial charge is 0.306 e. The van der Waals surface area contributed by atoms with Gasteiger partial charge in [0.1, 0.15) is 6.17 Å². The first kappa shape index (κ1) is 7.18. The van der Waals surface area contributed by atoms with E-state index in [-0.39, 0.29) is 5.43 Å². The summed E-state index contributed by atoms with van der Waals surface area (Å²) in [4.78, 5) is 14.6. The average Bonchev–Trinajstić information content (AvgIpc) is 2.76. The molecule has 2 aromatic carbocycles. The maximum atomic E-state index is 10.9. The van der Waals surface area contributed by atoms with Crippen molar-refractivity contribution in [2.75, 3.05) is 0 Å². The quantitative estimate of drug-likeness (QED) is 0.658. The van der Waals surface area contributed by atoms with Crippen molar-refractivity contribution in [1.29, 1.82) is 0 Å². The van der Waals surface area contributed by atoms with E-state index in [0.717, 1.165) is 16.3 Å². The summed E-state index contributed by atoms with van der Waals surface area (Å²) >= 11 is 0. The predicted octanol–water partition coefficient (Wildman–Crippen LogP) is 0.734. The number of hydrogen-bond donors (Lipinski definition) is 1.